The summed E-state index contributed by atoms with van der Waals surface area (Å²) in [6.07, 6.45) is 7.23. The molecule has 3 aliphatic rings. The Balaban J connectivity index is 1.39. The Morgan fingerprint density at radius 1 is 1.42 bits per heavy atom. The highest BCUT2D eigenvalue weighted by Gasteiger charge is 2.44. The van der Waals surface area contributed by atoms with Crippen LogP contribution in [-0.4, -0.2) is 54.0 Å². The van der Waals surface area contributed by atoms with Crippen LogP contribution < -0.4 is 15.4 Å². The summed E-state index contributed by atoms with van der Waals surface area (Å²) in [6.45, 7) is 2.09. The molecule has 2 N–H and O–H groups in total. The maximum Gasteiger partial charge on any atom is 0.255 e. The summed E-state index contributed by atoms with van der Waals surface area (Å²) in [5.74, 6) is 1.87. The molecular formula is C19H26N4O3. The number of nitrogens with one attached hydrogen (secondary N) is 2. The van der Waals surface area contributed by atoms with Gasteiger partial charge in [0.1, 0.15) is 0 Å². The largest absolute Gasteiger partial charge is 0.490 e. The average molecular weight is 358 g/mol. The standard InChI is InChI=1S/C19H26N4O3/c1-20-16(24)3-2-13-4-8-23(12-13)18(25)14-10-15-17(21-11-14)22-19(5-6-19)7-9-26-15/h10-11,13H,2-9,12H2,1H3,(H,20,24)(H,21,22). The van der Waals surface area contributed by atoms with Gasteiger partial charge in [-0.05, 0) is 37.7 Å². The molecule has 1 aliphatic carbocycles. The molecule has 1 unspecified atom stereocenters. The van der Waals surface area contributed by atoms with Crippen LogP contribution in [-0.2, 0) is 4.79 Å². The number of nitrogens with zero attached hydrogens (tertiary/aromatic N) is 2. The van der Waals surface area contributed by atoms with Gasteiger partial charge in [0.05, 0.1) is 12.2 Å². The number of amides is 2. The smallest absolute Gasteiger partial charge is 0.255 e. The molecule has 0 aromatic carbocycles. The van der Waals surface area contributed by atoms with Gasteiger partial charge in [0.15, 0.2) is 11.6 Å². The van der Waals surface area contributed by atoms with Crippen molar-refractivity contribution in [3.63, 3.8) is 0 Å². The highest BCUT2D eigenvalue weighted by molar-refractivity contribution is 5.95. The number of carbonyl (C=O) groups is 2. The van der Waals surface area contributed by atoms with Crippen LogP contribution in [0.3, 0.4) is 0 Å². The summed E-state index contributed by atoms with van der Waals surface area (Å²) in [6, 6.07) is 1.82. The molecule has 0 radical (unpaired) electrons. The van der Waals surface area contributed by atoms with Crippen molar-refractivity contribution in [2.45, 2.75) is 44.1 Å². The lowest BCUT2D eigenvalue weighted by atomic mass is 10.0. The molecule has 2 fully saturated rings. The maximum absolute atomic E-state index is 12.8. The zero-order chi connectivity index (χ0) is 18.1. The lowest BCUT2D eigenvalue weighted by molar-refractivity contribution is -0.120. The summed E-state index contributed by atoms with van der Waals surface area (Å²) in [7, 11) is 1.65. The van der Waals surface area contributed by atoms with Crippen LogP contribution in [0.4, 0.5) is 5.82 Å². The van der Waals surface area contributed by atoms with Gasteiger partial charge in [-0.25, -0.2) is 4.98 Å². The third-order valence-electron chi connectivity index (χ3n) is 5.81. The fourth-order valence-corrected chi connectivity index (χ4v) is 3.86. The van der Waals surface area contributed by atoms with E-state index in [0.29, 0.717) is 36.8 Å². The molecule has 7 nitrogen and oxygen atoms in total. The van der Waals surface area contributed by atoms with Crippen molar-refractivity contribution in [2.24, 2.45) is 5.92 Å². The average Bonchev–Trinajstić information content (AvgIpc) is 3.30. The van der Waals surface area contributed by atoms with Crippen molar-refractivity contribution in [3.05, 3.63) is 17.8 Å². The minimum atomic E-state index is -0.00303. The van der Waals surface area contributed by atoms with E-state index < -0.39 is 0 Å². The van der Waals surface area contributed by atoms with Crippen LogP contribution in [0.2, 0.25) is 0 Å². The first kappa shape index (κ1) is 17.1. The number of likely N-dealkylation sites (tertiary alicyclic amines) is 1. The number of aromatic nitrogens is 1. The first-order chi connectivity index (χ1) is 12.6. The summed E-state index contributed by atoms with van der Waals surface area (Å²) >= 11 is 0. The number of pyridine rings is 1. The van der Waals surface area contributed by atoms with Gasteiger partial charge in [0.2, 0.25) is 5.91 Å². The number of hydrogen-bond acceptors (Lipinski definition) is 5. The fraction of sp³-hybridized carbons (Fsp3) is 0.632. The van der Waals surface area contributed by atoms with E-state index in [1.807, 2.05) is 11.0 Å². The number of rotatable bonds is 4. The molecule has 1 atom stereocenters. The molecule has 1 spiro atoms. The predicted molar refractivity (Wildman–Crippen MR) is 97.2 cm³/mol. The molecule has 0 bridgehead atoms. The molecule has 4 rings (SSSR count). The minimum absolute atomic E-state index is 0.00303. The van der Waals surface area contributed by atoms with Crippen molar-refractivity contribution in [2.75, 3.05) is 32.1 Å². The van der Waals surface area contributed by atoms with Crippen molar-refractivity contribution >= 4 is 17.6 Å². The SMILES string of the molecule is CNC(=O)CCC1CCN(C(=O)c2cnc3c(c2)OCCC2(CC2)N3)C1. The number of anilines is 1. The van der Waals surface area contributed by atoms with Gasteiger partial charge in [-0.1, -0.05) is 0 Å². The molecule has 2 amide bonds. The van der Waals surface area contributed by atoms with Gasteiger partial charge in [-0.15, -0.1) is 0 Å². The van der Waals surface area contributed by atoms with Gasteiger partial charge in [-0.3, -0.25) is 9.59 Å². The predicted octanol–water partition coefficient (Wildman–Crippen LogP) is 1.80. The van der Waals surface area contributed by atoms with Gasteiger partial charge in [0, 0.05) is 44.7 Å². The summed E-state index contributed by atoms with van der Waals surface area (Å²) in [5, 5.41) is 6.13. The Bertz CT molecular complexity index is 717. The highest BCUT2D eigenvalue weighted by atomic mass is 16.5. The molecule has 26 heavy (non-hydrogen) atoms. The van der Waals surface area contributed by atoms with Gasteiger partial charge in [0.25, 0.3) is 5.91 Å². The van der Waals surface area contributed by atoms with Crippen molar-refractivity contribution in [1.29, 1.82) is 0 Å². The normalized spacial score (nSPS) is 22.8. The Morgan fingerprint density at radius 2 is 2.27 bits per heavy atom. The summed E-state index contributed by atoms with van der Waals surface area (Å²) < 4.78 is 5.84. The Labute approximate surface area is 153 Å². The second-order valence-electron chi connectivity index (χ2n) is 7.69. The summed E-state index contributed by atoms with van der Waals surface area (Å²) in [5.41, 5.74) is 0.737. The molecule has 3 heterocycles. The van der Waals surface area contributed by atoms with Gasteiger partial charge >= 0.3 is 0 Å². The zero-order valence-corrected chi connectivity index (χ0v) is 15.2. The second-order valence-corrected chi connectivity index (χ2v) is 7.69. The maximum atomic E-state index is 12.8. The van der Waals surface area contributed by atoms with E-state index in [1.54, 1.807) is 13.2 Å². The quantitative estimate of drug-likeness (QED) is 0.857. The van der Waals surface area contributed by atoms with E-state index in [0.717, 1.165) is 44.5 Å². The number of carbonyl (C=O) groups excluding carboxylic acids is 2. The van der Waals surface area contributed by atoms with E-state index >= 15 is 0 Å². The van der Waals surface area contributed by atoms with Crippen molar-refractivity contribution in [1.82, 2.24) is 15.2 Å². The molecule has 1 saturated heterocycles. The minimum Gasteiger partial charge on any atom is -0.490 e. The molecule has 140 valence electrons. The third-order valence-corrected chi connectivity index (χ3v) is 5.81. The number of hydrogen-bond donors (Lipinski definition) is 2. The monoisotopic (exact) mass is 358 g/mol. The lowest BCUT2D eigenvalue weighted by Gasteiger charge is -2.18. The Hall–Kier alpha value is -2.31. The van der Waals surface area contributed by atoms with Crippen molar-refractivity contribution in [3.8, 4) is 5.75 Å². The van der Waals surface area contributed by atoms with E-state index in [9.17, 15) is 9.59 Å². The van der Waals surface area contributed by atoms with Gasteiger partial charge in [-0.2, -0.15) is 0 Å². The molecule has 1 saturated carbocycles. The first-order valence-corrected chi connectivity index (χ1v) is 9.49. The van der Waals surface area contributed by atoms with E-state index in [-0.39, 0.29) is 17.4 Å². The van der Waals surface area contributed by atoms with E-state index in [1.165, 1.54) is 0 Å². The topological polar surface area (TPSA) is 83.6 Å². The van der Waals surface area contributed by atoms with Crippen LogP contribution >= 0.6 is 0 Å². The highest BCUT2D eigenvalue weighted by Crippen LogP contribution is 2.45. The molecule has 1 aromatic heterocycles. The Kier molecular flexibility index (Phi) is 4.46. The third kappa shape index (κ3) is 3.48. The van der Waals surface area contributed by atoms with Crippen molar-refractivity contribution < 1.29 is 14.3 Å². The Morgan fingerprint density at radius 3 is 3.04 bits per heavy atom. The van der Waals surface area contributed by atoms with Gasteiger partial charge < -0.3 is 20.3 Å². The van der Waals surface area contributed by atoms with Crippen LogP contribution in [0, 0.1) is 5.92 Å². The number of fused-ring (bicyclic) bond motifs is 1. The van der Waals surface area contributed by atoms with Crippen LogP contribution in [0.15, 0.2) is 12.3 Å². The van der Waals surface area contributed by atoms with Crippen LogP contribution in [0.1, 0.15) is 48.9 Å². The van der Waals surface area contributed by atoms with E-state index in [4.69, 9.17) is 4.74 Å². The zero-order valence-electron chi connectivity index (χ0n) is 15.2. The molecule has 1 aromatic rings. The molecular weight excluding hydrogens is 332 g/mol. The fourth-order valence-electron chi connectivity index (χ4n) is 3.86. The molecule has 2 aliphatic heterocycles. The summed E-state index contributed by atoms with van der Waals surface area (Å²) in [4.78, 5) is 30.6. The van der Waals surface area contributed by atoms with E-state index in [2.05, 4.69) is 15.6 Å². The molecule has 7 heteroatoms. The second kappa shape index (κ2) is 6.78. The lowest BCUT2D eigenvalue weighted by Crippen LogP contribution is -2.29. The number of ether oxygens (including phenoxy) is 1. The van der Waals surface area contributed by atoms with Crippen LogP contribution in [0.5, 0.6) is 5.75 Å². The first-order valence-electron chi connectivity index (χ1n) is 9.49. The van der Waals surface area contributed by atoms with Crippen LogP contribution in [0.25, 0.3) is 0 Å².